The number of rotatable bonds is 5. The number of hydrogen-bond donors (Lipinski definition) is 0. The topological polar surface area (TPSA) is 0 Å². The standard InChI is InChI=1S/C17H18Br2/c1-13-3-2-4-15(9-13)11-16(12-18)10-14-5-7-17(19)8-6-14/h2-9,16H,10-12H2,1H3. The fraction of sp³-hybridized carbons (Fsp3) is 0.294. The van der Waals surface area contributed by atoms with Crippen LogP contribution in [-0.4, -0.2) is 5.33 Å². The number of aryl methyl sites for hydroxylation is 1. The monoisotopic (exact) mass is 380 g/mol. The predicted octanol–water partition coefficient (Wildman–Crippen LogP) is 5.55. The van der Waals surface area contributed by atoms with Crippen molar-refractivity contribution in [2.24, 2.45) is 5.92 Å². The molecule has 0 saturated carbocycles. The summed E-state index contributed by atoms with van der Waals surface area (Å²) in [6, 6.07) is 17.5. The van der Waals surface area contributed by atoms with Gasteiger partial charge in [-0.1, -0.05) is 73.8 Å². The fourth-order valence-corrected chi connectivity index (χ4v) is 3.03. The predicted molar refractivity (Wildman–Crippen MR) is 90.0 cm³/mol. The van der Waals surface area contributed by atoms with Crippen molar-refractivity contribution in [3.05, 3.63) is 69.7 Å². The van der Waals surface area contributed by atoms with Gasteiger partial charge in [0.05, 0.1) is 0 Å². The van der Waals surface area contributed by atoms with Gasteiger partial charge in [-0.25, -0.2) is 0 Å². The molecule has 0 heterocycles. The van der Waals surface area contributed by atoms with E-state index in [-0.39, 0.29) is 0 Å². The van der Waals surface area contributed by atoms with Crippen molar-refractivity contribution in [3.63, 3.8) is 0 Å². The molecule has 2 heteroatoms. The van der Waals surface area contributed by atoms with Gasteiger partial charge in [-0.15, -0.1) is 0 Å². The highest BCUT2D eigenvalue weighted by Gasteiger charge is 2.09. The molecule has 0 aromatic heterocycles. The summed E-state index contributed by atoms with van der Waals surface area (Å²) < 4.78 is 1.14. The summed E-state index contributed by atoms with van der Waals surface area (Å²) in [6.07, 6.45) is 2.25. The average Bonchev–Trinajstić information content (AvgIpc) is 2.40. The molecule has 0 aliphatic rings. The molecule has 0 saturated heterocycles. The molecule has 0 N–H and O–H groups in total. The first kappa shape index (κ1) is 14.8. The number of benzene rings is 2. The lowest BCUT2D eigenvalue weighted by Gasteiger charge is -2.14. The summed E-state index contributed by atoms with van der Waals surface area (Å²) in [6.45, 7) is 2.15. The Bertz CT molecular complexity index is 517. The molecule has 19 heavy (non-hydrogen) atoms. The van der Waals surface area contributed by atoms with Crippen molar-refractivity contribution in [2.45, 2.75) is 19.8 Å². The largest absolute Gasteiger partial charge is 0.0925 e. The number of hydrogen-bond acceptors (Lipinski definition) is 0. The maximum Gasteiger partial charge on any atom is 0.0175 e. The molecular weight excluding hydrogens is 364 g/mol. The SMILES string of the molecule is Cc1cccc(CC(CBr)Cc2ccc(Br)cc2)c1. The molecule has 100 valence electrons. The van der Waals surface area contributed by atoms with E-state index in [4.69, 9.17) is 0 Å². The molecule has 1 atom stereocenters. The Morgan fingerprint density at radius 2 is 1.63 bits per heavy atom. The molecule has 0 aliphatic carbocycles. The Morgan fingerprint density at radius 1 is 0.947 bits per heavy atom. The second kappa shape index (κ2) is 7.25. The summed E-state index contributed by atoms with van der Waals surface area (Å²) in [7, 11) is 0. The fourth-order valence-electron chi connectivity index (χ4n) is 2.31. The molecule has 0 spiro atoms. The summed E-state index contributed by atoms with van der Waals surface area (Å²) in [5, 5.41) is 1.04. The Hall–Kier alpha value is -0.600. The highest BCUT2D eigenvalue weighted by molar-refractivity contribution is 9.10. The van der Waals surface area contributed by atoms with Crippen LogP contribution in [0.5, 0.6) is 0 Å². The molecule has 0 bridgehead atoms. The van der Waals surface area contributed by atoms with Crippen molar-refractivity contribution >= 4 is 31.9 Å². The molecule has 0 fully saturated rings. The van der Waals surface area contributed by atoms with E-state index in [1.165, 1.54) is 16.7 Å². The summed E-state index contributed by atoms with van der Waals surface area (Å²) in [5.74, 6) is 0.642. The normalized spacial score (nSPS) is 12.4. The van der Waals surface area contributed by atoms with Crippen LogP contribution in [0.15, 0.2) is 53.0 Å². The second-order valence-electron chi connectivity index (χ2n) is 5.04. The van der Waals surface area contributed by atoms with Gasteiger partial charge in [0.1, 0.15) is 0 Å². The third-order valence-corrected chi connectivity index (χ3v) is 4.71. The van der Waals surface area contributed by atoms with E-state index in [9.17, 15) is 0 Å². The van der Waals surface area contributed by atoms with Crippen molar-refractivity contribution in [2.75, 3.05) is 5.33 Å². The van der Waals surface area contributed by atoms with Crippen LogP contribution in [0.2, 0.25) is 0 Å². The van der Waals surface area contributed by atoms with E-state index < -0.39 is 0 Å². The van der Waals surface area contributed by atoms with E-state index in [0.29, 0.717) is 5.92 Å². The third-order valence-electron chi connectivity index (χ3n) is 3.26. The van der Waals surface area contributed by atoms with E-state index in [1.54, 1.807) is 0 Å². The molecule has 2 aromatic rings. The first-order chi connectivity index (χ1) is 9.17. The zero-order valence-electron chi connectivity index (χ0n) is 11.1. The van der Waals surface area contributed by atoms with Crippen LogP contribution in [-0.2, 0) is 12.8 Å². The Labute approximate surface area is 132 Å². The number of halogens is 2. The zero-order chi connectivity index (χ0) is 13.7. The number of alkyl halides is 1. The van der Waals surface area contributed by atoms with Gasteiger partial charge in [0.2, 0.25) is 0 Å². The molecule has 0 nitrogen and oxygen atoms in total. The zero-order valence-corrected chi connectivity index (χ0v) is 14.2. The quantitative estimate of drug-likeness (QED) is 0.595. The highest BCUT2D eigenvalue weighted by Crippen LogP contribution is 2.19. The second-order valence-corrected chi connectivity index (χ2v) is 6.61. The van der Waals surface area contributed by atoms with Crippen LogP contribution in [0.25, 0.3) is 0 Å². The van der Waals surface area contributed by atoms with E-state index in [0.717, 1.165) is 22.6 Å². The van der Waals surface area contributed by atoms with Crippen molar-refractivity contribution in [1.29, 1.82) is 0 Å². The summed E-state index contributed by atoms with van der Waals surface area (Å²) in [4.78, 5) is 0. The van der Waals surface area contributed by atoms with Crippen LogP contribution in [0, 0.1) is 12.8 Å². The highest BCUT2D eigenvalue weighted by atomic mass is 79.9. The molecule has 2 aromatic carbocycles. The van der Waals surface area contributed by atoms with E-state index in [1.807, 2.05) is 0 Å². The third kappa shape index (κ3) is 4.77. The van der Waals surface area contributed by atoms with Gasteiger partial charge in [-0.2, -0.15) is 0 Å². The lowest BCUT2D eigenvalue weighted by Crippen LogP contribution is -2.10. The summed E-state index contributed by atoms with van der Waals surface area (Å²) in [5.41, 5.74) is 4.18. The lowest BCUT2D eigenvalue weighted by atomic mass is 9.94. The maximum absolute atomic E-state index is 3.65. The van der Waals surface area contributed by atoms with Crippen LogP contribution >= 0.6 is 31.9 Å². The van der Waals surface area contributed by atoms with E-state index >= 15 is 0 Å². The van der Waals surface area contributed by atoms with Gasteiger partial charge in [-0.05, 0) is 48.9 Å². The minimum atomic E-state index is 0.642. The molecule has 0 amide bonds. The van der Waals surface area contributed by atoms with Crippen LogP contribution in [0.3, 0.4) is 0 Å². The van der Waals surface area contributed by atoms with Gasteiger partial charge < -0.3 is 0 Å². The van der Waals surface area contributed by atoms with E-state index in [2.05, 4.69) is 87.3 Å². The van der Waals surface area contributed by atoms with Crippen LogP contribution < -0.4 is 0 Å². The van der Waals surface area contributed by atoms with Gasteiger partial charge in [0.15, 0.2) is 0 Å². The van der Waals surface area contributed by atoms with Crippen molar-refractivity contribution in [3.8, 4) is 0 Å². The molecule has 0 radical (unpaired) electrons. The molecular formula is C17H18Br2. The summed E-state index contributed by atoms with van der Waals surface area (Å²) >= 11 is 7.14. The Morgan fingerprint density at radius 3 is 2.26 bits per heavy atom. The van der Waals surface area contributed by atoms with Crippen molar-refractivity contribution < 1.29 is 0 Å². The van der Waals surface area contributed by atoms with Gasteiger partial charge in [-0.3, -0.25) is 0 Å². The lowest BCUT2D eigenvalue weighted by molar-refractivity contribution is 0.591. The smallest absolute Gasteiger partial charge is 0.0175 e. The van der Waals surface area contributed by atoms with Gasteiger partial charge in [0.25, 0.3) is 0 Å². The molecule has 1 unspecified atom stereocenters. The first-order valence-corrected chi connectivity index (χ1v) is 8.45. The first-order valence-electron chi connectivity index (χ1n) is 6.53. The van der Waals surface area contributed by atoms with Gasteiger partial charge in [0, 0.05) is 9.80 Å². The maximum atomic E-state index is 3.65. The van der Waals surface area contributed by atoms with Gasteiger partial charge >= 0.3 is 0 Å². The Balaban J connectivity index is 2.02. The average molecular weight is 382 g/mol. The molecule has 2 rings (SSSR count). The van der Waals surface area contributed by atoms with Crippen LogP contribution in [0.1, 0.15) is 16.7 Å². The van der Waals surface area contributed by atoms with Crippen molar-refractivity contribution in [1.82, 2.24) is 0 Å². The minimum absolute atomic E-state index is 0.642. The Kier molecular flexibility index (Phi) is 5.65. The minimum Gasteiger partial charge on any atom is -0.0925 e. The molecule has 0 aliphatic heterocycles. The van der Waals surface area contributed by atoms with Crippen LogP contribution in [0.4, 0.5) is 0 Å².